The van der Waals surface area contributed by atoms with Gasteiger partial charge in [-0.15, -0.1) is 0 Å². The Kier molecular flexibility index (Phi) is 6.07. The van der Waals surface area contributed by atoms with Gasteiger partial charge in [0, 0.05) is 12.1 Å². The molecule has 0 fully saturated rings. The molecule has 0 unspecified atom stereocenters. The van der Waals surface area contributed by atoms with Crippen molar-refractivity contribution in [3.8, 4) is 11.5 Å². The third-order valence-electron chi connectivity index (χ3n) is 4.16. The van der Waals surface area contributed by atoms with Crippen LogP contribution in [0.5, 0.6) is 11.5 Å². The summed E-state index contributed by atoms with van der Waals surface area (Å²) in [5.41, 5.74) is 3.07. The zero-order valence-corrected chi connectivity index (χ0v) is 15.7. The monoisotopic (exact) mass is 341 g/mol. The van der Waals surface area contributed by atoms with Gasteiger partial charge in [-0.3, -0.25) is 4.79 Å². The lowest BCUT2D eigenvalue weighted by Gasteiger charge is -2.19. The molecule has 0 bridgehead atoms. The Balaban J connectivity index is 1.92. The highest BCUT2D eigenvalue weighted by molar-refractivity contribution is 5.94. The zero-order valence-electron chi connectivity index (χ0n) is 15.7. The molecule has 0 spiro atoms. The van der Waals surface area contributed by atoms with Gasteiger partial charge in [0.15, 0.2) is 11.5 Å². The molecule has 2 aromatic carbocycles. The van der Waals surface area contributed by atoms with Gasteiger partial charge in [0.25, 0.3) is 5.91 Å². The summed E-state index contributed by atoms with van der Waals surface area (Å²) < 4.78 is 10.5. The van der Waals surface area contributed by atoms with Crippen molar-refractivity contribution in [1.82, 2.24) is 5.32 Å². The van der Waals surface area contributed by atoms with E-state index in [1.165, 1.54) is 5.56 Å². The zero-order chi connectivity index (χ0) is 18.4. The first kappa shape index (κ1) is 18.8. The van der Waals surface area contributed by atoms with Gasteiger partial charge in [-0.2, -0.15) is 0 Å². The Morgan fingerprint density at radius 3 is 2.16 bits per heavy atom. The highest BCUT2D eigenvalue weighted by Gasteiger charge is 2.14. The number of ether oxygens (including phenoxy) is 2. The molecule has 0 aromatic heterocycles. The number of amides is 1. The van der Waals surface area contributed by atoms with Crippen LogP contribution in [0.25, 0.3) is 0 Å². The van der Waals surface area contributed by atoms with E-state index in [0.717, 1.165) is 12.0 Å². The van der Waals surface area contributed by atoms with Crippen molar-refractivity contribution in [3.05, 3.63) is 59.2 Å². The summed E-state index contributed by atoms with van der Waals surface area (Å²) in [6.07, 6.45) is 0.728. The molecule has 2 aromatic rings. The van der Waals surface area contributed by atoms with Gasteiger partial charge in [0.1, 0.15) is 0 Å². The second-order valence-electron chi connectivity index (χ2n) is 7.02. The Morgan fingerprint density at radius 1 is 0.960 bits per heavy atom. The Hall–Kier alpha value is -2.49. The van der Waals surface area contributed by atoms with Crippen LogP contribution in [0.1, 0.15) is 42.3 Å². The van der Waals surface area contributed by atoms with E-state index in [1.807, 2.05) is 42.5 Å². The summed E-state index contributed by atoms with van der Waals surface area (Å²) in [5.74, 6) is 1.35. The first-order valence-electron chi connectivity index (χ1n) is 8.45. The van der Waals surface area contributed by atoms with E-state index in [1.54, 1.807) is 14.2 Å². The SMILES string of the molecule is COc1ccc(CCNC(=O)c2ccc(C(C)(C)C)cc2)cc1OC. The van der Waals surface area contributed by atoms with E-state index in [9.17, 15) is 4.79 Å². The molecule has 0 aliphatic carbocycles. The van der Waals surface area contributed by atoms with Crippen LogP contribution in [-0.2, 0) is 11.8 Å². The lowest BCUT2D eigenvalue weighted by atomic mass is 9.87. The van der Waals surface area contributed by atoms with Crippen molar-refractivity contribution >= 4 is 5.91 Å². The first-order valence-corrected chi connectivity index (χ1v) is 8.45. The molecule has 134 valence electrons. The fourth-order valence-electron chi connectivity index (χ4n) is 2.58. The Bertz CT molecular complexity index is 715. The molecule has 25 heavy (non-hydrogen) atoms. The Morgan fingerprint density at radius 2 is 1.60 bits per heavy atom. The third-order valence-corrected chi connectivity index (χ3v) is 4.16. The number of carbonyl (C=O) groups is 1. The van der Waals surface area contributed by atoms with E-state index >= 15 is 0 Å². The molecule has 0 aliphatic heterocycles. The van der Waals surface area contributed by atoms with Crippen molar-refractivity contribution < 1.29 is 14.3 Å². The topological polar surface area (TPSA) is 47.6 Å². The van der Waals surface area contributed by atoms with E-state index in [0.29, 0.717) is 23.6 Å². The smallest absolute Gasteiger partial charge is 0.251 e. The first-order chi connectivity index (χ1) is 11.8. The number of hydrogen-bond acceptors (Lipinski definition) is 3. The maximum atomic E-state index is 12.3. The van der Waals surface area contributed by atoms with E-state index < -0.39 is 0 Å². The second kappa shape index (κ2) is 8.06. The molecule has 0 saturated carbocycles. The van der Waals surface area contributed by atoms with Crippen LogP contribution < -0.4 is 14.8 Å². The highest BCUT2D eigenvalue weighted by atomic mass is 16.5. The predicted molar refractivity (Wildman–Crippen MR) is 101 cm³/mol. The molecule has 4 heteroatoms. The van der Waals surface area contributed by atoms with Gasteiger partial charge in [0.2, 0.25) is 0 Å². The summed E-state index contributed by atoms with van der Waals surface area (Å²) >= 11 is 0. The summed E-state index contributed by atoms with van der Waals surface area (Å²) in [7, 11) is 3.23. The summed E-state index contributed by atoms with van der Waals surface area (Å²) in [6, 6.07) is 13.6. The number of rotatable bonds is 6. The van der Waals surface area contributed by atoms with Crippen LogP contribution in [0.4, 0.5) is 0 Å². The van der Waals surface area contributed by atoms with Crippen molar-refractivity contribution in [2.24, 2.45) is 0 Å². The number of carbonyl (C=O) groups excluding carboxylic acids is 1. The summed E-state index contributed by atoms with van der Waals surface area (Å²) in [4.78, 5) is 12.3. The maximum absolute atomic E-state index is 12.3. The average molecular weight is 341 g/mol. The van der Waals surface area contributed by atoms with Crippen LogP contribution in [0.3, 0.4) is 0 Å². The second-order valence-corrected chi connectivity index (χ2v) is 7.02. The number of methoxy groups -OCH3 is 2. The van der Waals surface area contributed by atoms with Crippen LogP contribution in [0, 0.1) is 0 Å². The van der Waals surface area contributed by atoms with Gasteiger partial charge in [-0.1, -0.05) is 39.0 Å². The molecule has 1 amide bonds. The van der Waals surface area contributed by atoms with Crippen LogP contribution in [0.2, 0.25) is 0 Å². The molecular formula is C21H27NO3. The maximum Gasteiger partial charge on any atom is 0.251 e. The highest BCUT2D eigenvalue weighted by Crippen LogP contribution is 2.27. The molecule has 0 aliphatic rings. The lowest BCUT2D eigenvalue weighted by molar-refractivity contribution is 0.0954. The van der Waals surface area contributed by atoms with E-state index in [2.05, 4.69) is 26.1 Å². The number of benzene rings is 2. The largest absolute Gasteiger partial charge is 0.493 e. The molecule has 0 saturated heterocycles. The molecular weight excluding hydrogens is 314 g/mol. The average Bonchev–Trinajstić information content (AvgIpc) is 2.60. The Labute approximate surface area is 150 Å². The molecule has 2 rings (SSSR count). The minimum Gasteiger partial charge on any atom is -0.493 e. The fourth-order valence-corrected chi connectivity index (χ4v) is 2.58. The van der Waals surface area contributed by atoms with E-state index in [-0.39, 0.29) is 11.3 Å². The number of hydrogen-bond donors (Lipinski definition) is 1. The fraction of sp³-hybridized carbons (Fsp3) is 0.381. The van der Waals surface area contributed by atoms with Crippen molar-refractivity contribution in [2.75, 3.05) is 20.8 Å². The quantitative estimate of drug-likeness (QED) is 0.865. The van der Waals surface area contributed by atoms with Crippen LogP contribution in [-0.4, -0.2) is 26.7 Å². The minimum atomic E-state index is -0.0547. The van der Waals surface area contributed by atoms with Gasteiger partial charge >= 0.3 is 0 Å². The van der Waals surface area contributed by atoms with Crippen molar-refractivity contribution in [3.63, 3.8) is 0 Å². The summed E-state index contributed by atoms with van der Waals surface area (Å²) in [6.45, 7) is 7.04. The predicted octanol–water partition coefficient (Wildman–Crippen LogP) is 3.97. The third kappa shape index (κ3) is 4.99. The van der Waals surface area contributed by atoms with Crippen molar-refractivity contribution in [1.29, 1.82) is 0 Å². The van der Waals surface area contributed by atoms with Gasteiger partial charge in [0.05, 0.1) is 14.2 Å². The molecule has 0 atom stereocenters. The molecule has 4 nitrogen and oxygen atoms in total. The van der Waals surface area contributed by atoms with Crippen LogP contribution >= 0.6 is 0 Å². The van der Waals surface area contributed by atoms with Gasteiger partial charge < -0.3 is 14.8 Å². The van der Waals surface area contributed by atoms with Gasteiger partial charge in [-0.25, -0.2) is 0 Å². The summed E-state index contributed by atoms with van der Waals surface area (Å²) in [5, 5.41) is 2.96. The normalized spacial score (nSPS) is 11.1. The lowest BCUT2D eigenvalue weighted by Crippen LogP contribution is -2.25. The molecule has 1 N–H and O–H groups in total. The van der Waals surface area contributed by atoms with Crippen LogP contribution in [0.15, 0.2) is 42.5 Å². The molecule has 0 radical (unpaired) electrons. The molecule has 0 heterocycles. The minimum absolute atomic E-state index is 0.0547. The number of nitrogens with one attached hydrogen (secondary N) is 1. The van der Waals surface area contributed by atoms with E-state index in [4.69, 9.17) is 9.47 Å². The van der Waals surface area contributed by atoms with Gasteiger partial charge in [-0.05, 0) is 47.2 Å². The van der Waals surface area contributed by atoms with Crippen molar-refractivity contribution in [2.45, 2.75) is 32.6 Å². The standard InChI is InChI=1S/C21H27NO3/c1-21(2,3)17-9-7-16(8-10-17)20(23)22-13-12-15-6-11-18(24-4)19(14-15)25-5/h6-11,14H,12-13H2,1-5H3,(H,22,23).